The van der Waals surface area contributed by atoms with Crippen molar-refractivity contribution in [2.45, 2.75) is 45.1 Å². The Labute approximate surface area is 118 Å². The molecule has 2 rings (SSSR count). The Hall–Kier alpha value is -1.63. The first-order valence-electron chi connectivity index (χ1n) is 7.19. The third-order valence-electron chi connectivity index (χ3n) is 4.27. The van der Waals surface area contributed by atoms with E-state index in [-0.39, 0.29) is 11.9 Å². The summed E-state index contributed by atoms with van der Waals surface area (Å²) in [4.78, 5) is 14.7. The topological polar surface area (TPSA) is 99.0 Å². The lowest BCUT2D eigenvalue weighted by molar-refractivity contribution is -0.388. The highest BCUT2D eigenvalue weighted by molar-refractivity contribution is 5.54. The van der Waals surface area contributed by atoms with Crippen LogP contribution in [0.15, 0.2) is 0 Å². The summed E-state index contributed by atoms with van der Waals surface area (Å²) in [5.41, 5.74) is 5.87. The highest BCUT2D eigenvalue weighted by Crippen LogP contribution is 2.30. The van der Waals surface area contributed by atoms with Crippen LogP contribution < -0.4 is 11.1 Å². The van der Waals surface area contributed by atoms with E-state index in [2.05, 4.69) is 10.3 Å². The summed E-state index contributed by atoms with van der Waals surface area (Å²) >= 11 is 0. The average Bonchev–Trinajstić information content (AvgIpc) is 2.73. The van der Waals surface area contributed by atoms with E-state index in [0.717, 1.165) is 12.8 Å². The number of aryl methyl sites for hydroxylation is 1. The molecule has 1 atom stereocenters. The number of nitro groups is 1. The molecule has 112 valence electrons. The van der Waals surface area contributed by atoms with Crippen molar-refractivity contribution >= 4 is 11.6 Å². The third-order valence-corrected chi connectivity index (χ3v) is 4.27. The van der Waals surface area contributed by atoms with Gasteiger partial charge in [-0.3, -0.25) is 4.57 Å². The van der Waals surface area contributed by atoms with Gasteiger partial charge in [-0.05, 0) is 28.7 Å². The Balaban J connectivity index is 2.20. The summed E-state index contributed by atoms with van der Waals surface area (Å²) in [5, 5.41) is 14.4. The molecule has 1 aromatic rings. The number of anilines is 1. The quantitative estimate of drug-likeness (QED) is 0.635. The van der Waals surface area contributed by atoms with Crippen molar-refractivity contribution in [3.8, 4) is 0 Å². The monoisotopic (exact) mass is 281 g/mol. The molecule has 3 N–H and O–H groups in total. The molecule has 1 unspecified atom stereocenters. The maximum Gasteiger partial charge on any atom is 0.406 e. The van der Waals surface area contributed by atoms with E-state index in [9.17, 15) is 10.1 Å². The number of nitrogens with one attached hydrogen (secondary N) is 1. The highest BCUT2D eigenvalue weighted by Gasteiger charge is 2.29. The van der Waals surface area contributed by atoms with Gasteiger partial charge in [-0.15, -0.1) is 0 Å². The van der Waals surface area contributed by atoms with Gasteiger partial charge in [-0.1, -0.05) is 19.3 Å². The van der Waals surface area contributed by atoms with Crippen LogP contribution in [0, 0.1) is 23.0 Å². The SMILES string of the molecule is Cc1nc([N+](=O)[O-])c(NC(CN)C2CCCCC2)n1C. The number of imidazole rings is 1. The number of hydrogen-bond acceptors (Lipinski definition) is 5. The van der Waals surface area contributed by atoms with E-state index in [0.29, 0.717) is 24.1 Å². The molecule has 20 heavy (non-hydrogen) atoms. The van der Waals surface area contributed by atoms with Crippen molar-refractivity contribution in [2.24, 2.45) is 18.7 Å². The van der Waals surface area contributed by atoms with E-state index in [1.54, 1.807) is 18.5 Å². The molecule has 0 bridgehead atoms. The van der Waals surface area contributed by atoms with Gasteiger partial charge in [0.15, 0.2) is 0 Å². The van der Waals surface area contributed by atoms with Crippen LogP contribution in [0.3, 0.4) is 0 Å². The summed E-state index contributed by atoms with van der Waals surface area (Å²) in [5.74, 6) is 1.47. The maximum absolute atomic E-state index is 11.1. The molecule has 1 aliphatic carbocycles. The van der Waals surface area contributed by atoms with Crippen LogP contribution in [0.25, 0.3) is 0 Å². The summed E-state index contributed by atoms with van der Waals surface area (Å²) in [6.45, 7) is 2.24. The molecule has 0 spiro atoms. The molecule has 1 saturated carbocycles. The first kappa shape index (κ1) is 14.8. The lowest BCUT2D eigenvalue weighted by Gasteiger charge is -2.30. The molecular formula is C13H23N5O2. The van der Waals surface area contributed by atoms with Gasteiger partial charge < -0.3 is 21.2 Å². The van der Waals surface area contributed by atoms with E-state index >= 15 is 0 Å². The van der Waals surface area contributed by atoms with Crippen LogP contribution >= 0.6 is 0 Å². The molecule has 7 nitrogen and oxygen atoms in total. The van der Waals surface area contributed by atoms with Gasteiger partial charge in [0.25, 0.3) is 0 Å². The van der Waals surface area contributed by atoms with E-state index in [1.165, 1.54) is 19.3 Å². The number of rotatable bonds is 5. The molecule has 0 aliphatic heterocycles. The highest BCUT2D eigenvalue weighted by atomic mass is 16.6. The molecule has 1 aliphatic rings. The Morgan fingerprint density at radius 2 is 2.15 bits per heavy atom. The fourth-order valence-electron chi connectivity index (χ4n) is 2.96. The summed E-state index contributed by atoms with van der Waals surface area (Å²) in [7, 11) is 1.78. The first-order chi connectivity index (χ1) is 9.54. The Morgan fingerprint density at radius 1 is 1.50 bits per heavy atom. The van der Waals surface area contributed by atoms with Gasteiger partial charge in [-0.25, -0.2) is 0 Å². The van der Waals surface area contributed by atoms with Crippen molar-refractivity contribution in [1.29, 1.82) is 0 Å². The lowest BCUT2D eigenvalue weighted by Crippen LogP contribution is -2.38. The van der Waals surface area contributed by atoms with Gasteiger partial charge in [-0.2, -0.15) is 0 Å². The second-order valence-corrected chi connectivity index (χ2v) is 5.53. The Bertz CT molecular complexity index is 479. The molecule has 0 amide bonds. The molecule has 0 saturated heterocycles. The third kappa shape index (κ3) is 2.92. The van der Waals surface area contributed by atoms with Crippen LogP contribution in [0.2, 0.25) is 0 Å². The van der Waals surface area contributed by atoms with Gasteiger partial charge >= 0.3 is 5.82 Å². The van der Waals surface area contributed by atoms with Crippen molar-refractivity contribution in [1.82, 2.24) is 9.55 Å². The van der Waals surface area contributed by atoms with E-state index in [4.69, 9.17) is 5.73 Å². The minimum Gasteiger partial charge on any atom is -0.360 e. The number of aromatic nitrogens is 2. The normalized spacial score (nSPS) is 17.9. The van der Waals surface area contributed by atoms with Crippen LogP contribution in [0.4, 0.5) is 11.6 Å². The lowest BCUT2D eigenvalue weighted by atomic mass is 9.84. The van der Waals surface area contributed by atoms with Gasteiger partial charge in [0.1, 0.15) is 0 Å². The molecule has 1 heterocycles. The summed E-state index contributed by atoms with van der Waals surface area (Å²) in [6, 6.07) is 0.0730. The fraction of sp³-hybridized carbons (Fsp3) is 0.769. The zero-order valence-corrected chi connectivity index (χ0v) is 12.1. The first-order valence-corrected chi connectivity index (χ1v) is 7.19. The molecule has 0 aromatic carbocycles. The van der Waals surface area contributed by atoms with E-state index < -0.39 is 4.92 Å². The predicted molar refractivity (Wildman–Crippen MR) is 77.6 cm³/mol. The minimum absolute atomic E-state index is 0.0730. The molecule has 0 radical (unpaired) electrons. The zero-order valence-electron chi connectivity index (χ0n) is 12.1. The molecule has 7 heteroatoms. The second kappa shape index (κ2) is 6.21. The van der Waals surface area contributed by atoms with Gasteiger partial charge in [0.2, 0.25) is 11.6 Å². The van der Waals surface area contributed by atoms with Crippen molar-refractivity contribution in [3.05, 3.63) is 15.9 Å². The molecule has 1 fully saturated rings. The second-order valence-electron chi connectivity index (χ2n) is 5.53. The largest absolute Gasteiger partial charge is 0.406 e. The molecular weight excluding hydrogens is 258 g/mol. The van der Waals surface area contributed by atoms with Crippen molar-refractivity contribution < 1.29 is 4.92 Å². The smallest absolute Gasteiger partial charge is 0.360 e. The predicted octanol–water partition coefficient (Wildman–Crippen LogP) is 1.96. The minimum atomic E-state index is -0.441. The van der Waals surface area contributed by atoms with Crippen molar-refractivity contribution in [2.75, 3.05) is 11.9 Å². The van der Waals surface area contributed by atoms with Crippen molar-refractivity contribution in [3.63, 3.8) is 0 Å². The number of hydrogen-bond donors (Lipinski definition) is 2. The Morgan fingerprint density at radius 3 is 2.70 bits per heavy atom. The fourth-order valence-corrected chi connectivity index (χ4v) is 2.96. The molecule has 1 aromatic heterocycles. The van der Waals surface area contributed by atoms with Crippen LogP contribution in [0.5, 0.6) is 0 Å². The van der Waals surface area contributed by atoms with E-state index in [1.807, 2.05) is 0 Å². The Kier molecular flexibility index (Phi) is 4.59. The average molecular weight is 281 g/mol. The standard InChI is InChI=1S/C13H23N5O2/c1-9-15-13(18(19)20)12(17(9)2)16-11(8-14)10-6-4-3-5-7-10/h10-11,16H,3-8,14H2,1-2H3. The van der Waals surface area contributed by atoms with Gasteiger partial charge in [0.05, 0.1) is 0 Å². The number of nitrogens with two attached hydrogens (primary N) is 1. The summed E-state index contributed by atoms with van der Waals surface area (Å²) in [6.07, 6.45) is 5.99. The van der Waals surface area contributed by atoms with Gasteiger partial charge in [0, 0.05) is 26.6 Å². The maximum atomic E-state index is 11.1. The van der Waals surface area contributed by atoms with Crippen LogP contribution in [-0.4, -0.2) is 27.1 Å². The summed E-state index contributed by atoms with van der Waals surface area (Å²) < 4.78 is 1.73. The van der Waals surface area contributed by atoms with Crippen LogP contribution in [-0.2, 0) is 7.05 Å². The number of nitrogens with zero attached hydrogens (tertiary/aromatic N) is 3. The van der Waals surface area contributed by atoms with Crippen LogP contribution in [0.1, 0.15) is 37.9 Å². The zero-order chi connectivity index (χ0) is 14.7.